The average molecular weight is 271 g/mol. The fraction of sp³-hybridized carbons (Fsp3) is 0.647. The van der Waals surface area contributed by atoms with Gasteiger partial charge in [-0.3, -0.25) is 4.90 Å². The van der Waals surface area contributed by atoms with Crippen LogP contribution in [0.5, 0.6) is 0 Å². The topological polar surface area (TPSA) is 41.3 Å². The number of hydrogen-bond donors (Lipinski definition) is 2. The zero-order valence-electron chi connectivity index (χ0n) is 12.1. The Balaban J connectivity index is 1.48. The third-order valence-electron chi connectivity index (χ3n) is 5.52. The van der Waals surface area contributed by atoms with Crippen molar-refractivity contribution in [3.05, 3.63) is 29.3 Å². The van der Waals surface area contributed by atoms with E-state index in [9.17, 15) is 0 Å². The molecule has 3 heteroatoms. The Hall–Kier alpha value is -1.06. The molecule has 2 heterocycles. The van der Waals surface area contributed by atoms with Crippen molar-refractivity contribution >= 4 is 5.69 Å². The number of nitrogens with one attached hydrogen (secondary N) is 1. The number of nitrogens with two attached hydrogens (primary N) is 1. The zero-order valence-corrected chi connectivity index (χ0v) is 12.1. The van der Waals surface area contributed by atoms with Crippen LogP contribution in [0, 0.1) is 0 Å². The van der Waals surface area contributed by atoms with Gasteiger partial charge in [-0.1, -0.05) is 12.5 Å². The second-order valence-electron chi connectivity index (χ2n) is 6.71. The van der Waals surface area contributed by atoms with Crippen LogP contribution in [-0.4, -0.2) is 30.1 Å². The van der Waals surface area contributed by atoms with Crippen molar-refractivity contribution in [2.75, 3.05) is 18.8 Å². The summed E-state index contributed by atoms with van der Waals surface area (Å²) in [5.74, 6) is 0. The standard InChI is InChI=1S/C17H25N3/c18-13-5-6-14-12(11-13)4-7-15(14)19-16-8-10-20-9-2-1-3-17(16)20/h5-6,11,15-17,19H,1-4,7-10,18H2. The first-order valence-corrected chi connectivity index (χ1v) is 8.20. The highest BCUT2D eigenvalue weighted by Gasteiger charge is 2.37. The first-order chi connectivity index (χ1) is 9.81. The van der Waals surface area contributed by atoms with E-state index in [-0.39, 0.29) is 0 Å². The number of benzene rings is 1. The maximum absolute atomic E-state index is 5.90. The van der Waals surface area contributed by atoms with Crippen LogP contribution in [-0.2, 0) is 6.42 Å². The number of aryl methyl sites for hydroxylation is 1. The van der Waals surface area contributed by atoms with E-state index in [2.05, 4.69) is 28.4 Å². The van der Waals surface area contributed by atoms with E-state index >= 15 is 0 Å². The molecule has 3 atom stereocenters. The van der Waals surface area contributed by atoms with Gasteiger partial charge in [-0.05, 0) is 61.9 Å². The first kappa shape index (κ1) is 12.7. The molecule has 2 fully saturated rings. The number of nitrogen functional groups attached to an aromatic ring is 1. The molecule has 3 N–H and O–H groups in total. The summed E-state index contributed by atoms with van der Waals surface area (Å²) in [6, 6.07) is 8.50. The molecule has 3 unspecified atom stereocenters. The van der Waals surface area contributed by atoms with Gasteiger partial charge in [0.2, 0.25) is 0 Å². The van der Waals surface area contributed by atoms with Crippen LogP contribution in [0.4, 0.5) is 5.69 Å². The maximum Gasteiger partial charge on any atom is 0.0329 e. The fourth-order valence-electron chi connectivity index (χ4n) is 4.51. The Bertz CT molecular complexity index is 499. The number of piperidine rings is 1. The molecule has 1 aromatic carbocycles. The van der Waals surface area contributed by atoms with Gasteiger partial charge in [0.15, 0.2) is 0 Å². The molecule has 2 saturated heterocycles. The Kier molecular flexibility index (Phi) is 3.20. The van der Waals surface area contributed by atoms with E-state index in [0.29, 0.717) is 12.1 Å². The van der Waals surface area contributed by atoms with Crippen molar-refractivity contribution in [1.82, 2.24) is 10.2 Å². The highest BCUT2D eigenvalue weighted by atomic mass is 15.2. The van der Waals surface area contributed by atoms with Gasteiger partial charge in [0.1, 0.15) is 0 Å². The van der Waals surface area contributed by atoms with Crippen LogP contribution in [0.2, 0.25) is 0 Å². The minimum atomic E-state index is 0.553. The minimum Gasteiger partial charge on any atom is -0.399 e. The third-order valence-corrected chi connectivity index (χ3v) is 5.52. The van der Waals surface area contributed by atoms with Gasteiger partial charge in [0.05, 0.1) is 0 Å². The molecule has 1 aromatic rings. The lowest BCUT2D eigenvalue weighted by atomic mass is 9.97. The lowest BCUT2D eigenvalue weighted by Crippen LogP contribution is -2.45. The predicted molar refractivity (Wildman–Crippen MR) is 82.7 cm³/mol. The summed E-state index contributed by atoms with van der Waals surface area (Å²) in [5, 5.41) is 3.97. The van der Waals surface area contributed by atoms with Gasteiger partial charge in [0.25, 0.3) is 0 Å². The van der Waals surface area contributed by atoms with E-state index in [0.717, 1.165) is 11.7 Å². The third kappa shape index (κ3) is 2.13. The monoisotopic (exact) mass is 271 g/mol. The molecule has 3 nitrogen and oxygen atoms in total. The Labute approximate surface area is 121 Å². The molecule has 0 saturated carbocycles. The summed E-state index contributed by atoms with van der Waals surface area (Å²) in [6.07, 6.45) is 7.94. The first-order valence-electron chi connectivity index (χ1n) is 8.20. The summed E-state index contributed by atoms with van der Waals surface area (Å²) >= 11 is 0. The molecule has 108 valence electrons. The molecule has 3 aliphatic rings. The molecule has 1 aliphatic carbocycles. The van der Waals surface area contributed by atoms with Crippen LogP contribution in [0.3, 0.4) is 0 Å². The van der Waals surface area contributed by atoms with E-state index in [1.165, 1.54) is 62.7 Å². The van der Waals surface area contributed by atoms with E-state index in [4.69, 9.17) is 5.73 Å². The van der Waals surface area contributed by atoms with Crippen molar-refractivity contribution in [3.8, 4) is 0 Å². The van der Waals surface area contributed by atoms with Crippen LogP contribution in [0.15, 0.2) is 18.2 Å². The molecular weight excluding hydrogens is 246 g/mol. The molecular formula is C17H25N3. The number of anilines is 1. The molecule has 2 aliphatic heterocycles. The predicted octanol–water partition coefficient (Wildman–Crippen LogP) is 2.47. The number of rotatable bonds is 2. The molecule has 0 bridgehead atoms. The van der Waals surface area contributed by atoms with Crippen molar-refractivity contribution < 1.29 is 0 Å². The summed E-state index contributed by atoms with van der Waals surface area (Å²) in [5.41, 5.74) is 9.76. The van der Waals surface area contributed by atoms with Gasteiger partial charge in [-0.2, -0.15) is 0 Å². The lowest BCUT2D eigenvalue weighted by molar-refractivity contribution is 0.176. The SMILES string of the molecule is Nc1ccc2c(c1)CCC2NC1CCN2CCCCC12. The fourth-order valence-corrected chi connectivity index (χ4v) is 4.51. The van der Waals surface area contributed by atoms with Crippen LogP contribution >= 0.6 is 0 Å². The summed E-state index contributed by atoms with van der Waals surface area (Å²) in [6.45, 7) is 2.62. The quantitative estimate of drug-likeness (QED) is 0.812. The smallest absolute Gasteiger partial charge is 0.0329 e. The molecule has 20 heavy (non-hydrogen) atoms. The Morgan fingerprint density at radius 2 is 2.05 bits per heavy atom. The summed E-state index contributed by atoms with van der Waals surface area (Å²) in [4.78, 5) is 2.71. The van der Waals surface area contributed by atoms with E-state index < -0.39 is 0 Å². The van der Waals surface area contributed by atoms with Gasteiger partial charge >= 0.3 is 0 Å². The van der Waals surface area contributed by atoms with Gasteiger partial charge < -0.3 is 11.1 Å². The molecule has 0 amide bonds. The largest absolute Gasteiger partial charge is 0.399 e. The Morgan fingerprint density at radius 3 is 3.00 bits per heavy atom. The number of hydrogen-bond acceptors (Lipinski definition) is 3. The zero-order chi connectivity index (χ0) is 13.5. The number of fused-ring (bicyclic) bond motifs is 2. The van der Waals surface area contributed by atoms with Gasteiger partial charge in [0, 0.05) is 30.4 Å². The van der Waals surface area contributed by atoms with Crippen LogP contribution < -0.4 is 11.1 Å². The normalized spacial score (nSPS) is 33.1. The average Bonchev–Trinajstić information content (AvgIpc) is 3.04. The molecule has 0 aromatic heterocycles. The summed E-state index contributed by atoms with van der Waals surface area (Å²) in [7, 11) is 0. The van der Waals surface area contributed by atoms with E-state index in [1.54, 1.807) is 0 Å². The minimum absolute atomic E-state index is 0.553. The molecule has 0 spiro atoms. The Morgan fingerprint density at radius 1 is 1.10 bits per heavy atom. The van der Waals surface area contributed by atoms with E-state index in [1.807, 2.05) is 0 Å². The van der Waals surface area contributed by atoms with Crippen molar-refractivity contribution in [3.63, 3.8) is 0 Å². The van der Waals surface area contributed by atoms with Crippen molar-refractivity contribution in [1.29, 1.82) is 0 Å². The number of nitrogens with zero attached hydrogens (tertiary/aromatic N) is 1. The van der Waals surface area contributed by atoms with Crippen molar-refractivity contribution in [2.45, 2.75) is 56.7 Å². The maximum atomic E-state index is 5.90. The molecule has 4 rings (SSSR count). The highest BCUT2D eigenvalue weighted by Crippen LogP contribution is 2.35. The van der Waals surface area contributed by atoms with Gasteiger partial charge in [-0.15, -0.1) is 0 Å². The second-order valence-corrected chi connectivity index (χ2v) is 6.71. The second kappa shape index (κ2) is 5.05. The summed E-state index contributed by atoms with van der Waals surface area (Å²) < 4.78 is 0. The van der Waals surface area contributed by atoms with Crippen LogP contribution in [0.1, 0.15) is 49.3 Å². The molecule has 0 radical (unpaired) electrons. The highest BCUT2D eigenvalue weighted by molar-refractivity contribution is 5.47. The van der Waals surface area contributed by atoms with Gasteiger partial charge in [-0.25, -0.2) is 0 Å². The van der Waals surface area contributed by atoms with Crippen molar-refractivity contribution in [2.24, 2.45) is 0 Å². The van der Waals surface area contributed by atoms with Crippen LogP contribution in [0.25, 0.3) is 0 Å². The lowest BCUT2D eigenvalue weighted by Gasteiger charge is -2.34.